The zero-order chi connectivity index (χ0) is 17.0. The average Bonchev–Trinajstić information content (AvgIpc) is 3.21. The van der Waals surface area contributed by atoms with Gasteiger partial charge in [-0.2, -0.15) is 18.3 Å². The number of hydrogen-bond acceptors (Lipinski definition) is 4. The Bertz CT molecular complexity index is 569. The van der Waals surface area contributed by atoms with Gasteiger partial charge in [-0.15, -0.1) is 0 Å². The standard InChI is InChI=1S/C13H17F3N4O3/c1-20(8-2-3-8)10(21)4-5-17-11(22)9-6-18-19-12(9)23-7-13(14,15)16/h6,8H,2-5,7H2,1H3,(H,17,22)(H,18,19). The van der Waals surface area contributed by atoms with Crippen LogP contribution < -0.4 is 10.1 Å². The second kappa shape index (κ2) is 6.88. The molecule has 1 saturated carbocycles. The monoisotopic (exact) mass is 334 g/mol. The Morgan fingerprint density at radius 1 is 1.48 bits per heavy atom. The predicted molar refractivity (Wildman–Crippen MR) is 72.9 cm³/mol. The van der Waals surface area contributed by atoms with Gasteiger partial charge in [0.1, 0.15) is 5.56 Å². The molecule has 23 heavy (non-hydrogen) atoms. The van der Waals surface area contributed by atoms with E-state index in [9.17, 15) is 22.8 Å². The van der Waals surface area contributed by atoms with Crippen molar-refractivity contribution < 1.29 is 27.5 Å². The molecule has 1 aromatic heterocycles. The molecule has 2 rings (SSSR count). The van der Waals surface area contributed by atoms with Crippen LogP contribution >= 0.6 is 0 Å². The fourth-order valence-electron chi connectivity index (χ4n) is 1.92. The highest BCUT2D eigenvalue weighted by Gasteiger charge is 2.30. The van der Waals surface area contributed by atoms with Gasteiger partial charge >= 0.3 is 6.18 Å². The first-order chi connectivity index (χ1) is 10.8. The highest BCUT2D eigenvalue weighted by molar-refractivity contribution is 5.96. The second-order valence-electron chi connectivity index (χ2n) is 5.26. The summed E-state index contributed by atoms with van der Waals surface area (Å²) < 4.78 is 40.8. The number of alkyl halides is 3. The molecule has 1 aromatic rings. The minimum Gasteiger partial charge on any atom is -0.468 e. The molecule has 1 heterocycles. The second-order valence-corrected chi connectivity index (χ2v) is 5.26. The maximum atomic E-state index is 12.1. The largest absolute Gasteiger partial charge is 0.468 e. The van der Waals surface area contributed by atoms with Gasteiger partial charge in [0, 0.05) is 26.1 Å². The van der Waals surface area contributed by atoms with E-state index in [4.69, 9.17) is 0 Å². The van der Waals surface area contributed by atoms with Crippen LogP contribution in [0, 0.1) is 0 Å². The number of nitrogens with one attached hydrogen (secondary N) is 2. The summed E-state index contributed by atoms with van der Waals surface area (Å²) >= 11 is 0. The van der Waals surface area contributed by atoms with Crippen LogP contribution in [0.15, 0.2) is 6.20 Å². The minimum absolute atomic E-state index is 0.0820. The zero-order valence-corrected chi connectivity index (χ0v) is 12.4. The molecule has 2 amide bonds. The quantitative estimate of drug-likeness (QED) is 0.781. The number of carbonyl (C=O) groups excluding carboxylic acids is 2. The molecule has 10 heteroatoms. The van der Waals surface area contributed by atoms with Gasteiger partial charge in [-0.05, 0) is 12.8 Å². The molecule has 1 aliphatic rings. The zero-order valence-electron chi connectivity index (χ0n) is 12.4. The molecule has 1 fully saturated rings. The topological polar surface area (TPSA) is 87.3 Å². The molecule has 0 unspecified atom stereocenters. The summed E-state index contributed by atoms with van der Waals surface area (Å²) in [6.45, 7) is -1.45. The van der Waals surface area contributed by atoms with Crippen molar-refractivity contribution in [1.82, 2.24) is 20.4 Å². The number of hydrogen-bond donors (Lipinski definition) is 2. The van der Waals surface area contributed by atoms with Gasteiger partial charge in [-0.3, -0.25) is 9.59 Å². The number of aromatic amines is 1. The van der Waals surface area contributed by atoms with Crippen molar-refractivity contribution >= 4 is 11.8 Å². The Labute approximate surface area is 130 Å². The van der Waals surface area contributed by atoms with Gasteiger partial charge < -0.3 is 15.0 Å². The van der Waals surface area contributed by atoms with Crippen LogP contribution in [0.25, 0.3) is 0 Å². The molecule has 128 valence electrons. The van der Waals surface area contributed by atoms with Crippen molar-refractivity contribution in [1.29, 1.82) is 0 Å². The van der Waals surface area contributed by atoms with Crippen molar-refractivity contribution in [3.05, 3.63) is 11.8 Å². The summed E-state index contributed by atoms with van der Waals surface area (Å²) in [7, 11) is 1.71. The van der Waals surface area contributed by atoms with Gasteiger partial charge in [0.25, 0.3) is 5.91 Å². The van der Waals surface area contributed by atoms with Crippen molar-refractivity contribution in [2.24, 2.45) is 0 Å². The Balaban J connectivity index is 1.79. The van der Waals surface area contributed by atoms with Crippen LogP contribution in [0.5, 0.6) is 5.88 Å². The molecule has 0 atom stereocenters. The van der Waals surface area contributed by atoms with Gasteiger partial charge in [0.15, 0.2) is 6.61 Å². The van der Waals surface area contributed by atoms with E-state index in [-0.39, 0.29) is 36.4 Å². The maximum Gasteiger partial charge on any atom is 0.422 e. The van der Waals surface area contributed by atoms with E-state index in [1.165, 1.54) is 0 Å². The third-order valence-electron chi connectivity index (χ3n) is 3.34. The van der Waals surface area contributed by atoms with Crippen LogP contribution in [0.3, 0.4) is 0 Å². The maximum absolute atomic E-state index is 12.1. The van der Waals surface area contributed by atoms with E-state index in [1.54, 1.807) is 11.9 Å². The Morgan fingerprint density at radius 3 is 2.78 bits per heavy atom. The highest BCUT2D eigenvalue weighted by Crippen LogP contribution is 2.25. The Kier molecular flexibility index (Phi) is 5.12. The Hall–Kier alpha value is -2.26. The summed E-state index contributed by atoms with van der Waals surface area (Å²) in [5, 5.41) is 8.15. The summed E-state index contributed by atoms with van der Waals surface area (Å²) in [6.07, 6.45) is -1.35. The highest BCUT2D eigenvalue weighted by atomic mass is 19.4. The van der Waals surface area contributed by atoms with Crippen molar-refractivity contribution in [3.63, 3.8) is 0 Å². The van der Waals surface area contributed by atoms with Gasteiger partial charge in [-0.1, -0.05) is 0 Å². The van der Waals surface area contributed by atoms with Crippen LogP contribution in [-0.4, -0.2) is 59.3 Å². The van der Waals surface area contributed by atoms with E-state index >= 15 is 0 Å². The summed E-state index contributed by atoms with van der Waals surface area (Å²) in [5.74, 6) is -1.10. The lowest BCUT2D eigenvalue weighted by atomic mass is 10.3. The van der Waals surface area contributed by atoms with Gasteiger partial charge in [0.2, 0.25) is 11.8 Å². The summed E-state index contributed by atoms with van der Waals surface area (Å²) in [6, 6.07) is 0.287. The first kappa shape index (κ1) is 17.1. The van der Waals surface area contributed by atoms with Gasteiger partial charge in [-0.25, -0.2) is 5.10 Å². The van der Waals surface area contributed by atoms with E-state index < -0.39 is 18.7 Å². The summed E-state index contributed by atoms with van der Waals surface area (Å²) in [5.41, 5.74) is -0.141. The molecular weight excluding hydrogens is 317 g/mol. The van der Waals surface area contributed by atoms with E-state index in [2.05, 4.69) is 20.3 Å². The first-order valence-corrected chi connectivity index (χ1v) is 7.04. The van der Waals surface area contributed by atoms with Crippen LogP contribution in [0.4, 0.5) is 13.2 Å². The fraction of sp³-hybridized carbons (Fsp3) is 0.615. The number of halogens is 3. The molecule has 0 spiro atoms. The van der Waals surface area contributed by atoms with Crippen LogP contribution in [0.2, 0.25) is 0 Å². The lowest BCUT2D eigenvalue weighted by molar-refractivity contribution is -0.154. The number of amides is 2. The number of nitrogens with zero attached hydrogens (tertiary/aromatic N) is 2. The third-order valence-corrected chi connectivity index (χ3v) is 3.34. The van der Waals surface area contributed by atoms with Crippen molar-refractivity contribution in [2.75, 3.05) is 20.2 Å². The van der Waals surface area contributed by atoms with Crippen LogP contribution in [0.1, 0.15) is 29.6 Å². The third kappa shape index (κ3) is 5.15. The van der Waals surface area contributed by atoms with Crippen molar-refractivity contribution in [3.8, 4) is 5.88 Å². The Morgan fingerprint density at radius 2 is 2.17 bits per heavy atom. The SMILES string of the molecule is CN(C(=O)CCNC(=O)c1cn[nH]c1OCC(F)(F)F)C1CC1. The number of H-pyrrole nitrogens is 1. The average molecular weight is 334 g/mol. The van der Waals surface area contributed by atoms with Crippen LogP contribution in [-0.2, 0) is 4.79 Å². The molecule has 2 N–H and O–H groups in total. The minimum atomic E-state index is -4.52. The van der Waals surface area contributed by atoms with E-state index in [0.717, 1.165) is 19.0 Å². The molecule has 0 radical (unpaired) electrons. The lowest BCUT2D eigenvalue weighted by Crippen LogP contribution is -2.33. The van der Waals surface area contributed by atoms with Crippen molar-refractivity contribution in [2.45, 2.75) is 31.5 Å². The first-order valence-electron chi connectivity index (χ1n) is 7.04. The predicted octanol–water partition coefficient (Wildman–Crippen LogP) is 1.09. The van der Waals surface area contributed by atoms with E-state index in [0.29, 0.717) is 0 Å². The lowest BCUT2D eigenvalue weighted by Gasteiger charge is -2.16. The molecular formula is C13H17F3N4O3. The molecule has 0 aromatic carbocycles. The van der Waals surface area contributed by atoms with Gasteiger partial charge in [0.05, 0.1) is 6.20 Å². The molecule has 7 nitrogen and oxygen atoms in total. The molecule has 0 aliphatic heterocycles. The number of rotatable bonds is 7. The molecule has 1 aliphatic carbocycles. The normalized spacial score (nSPS) is 14.4. The number of carbonyl (C=O) groups is 2. The summed E-state index contributed by atoms with van der Waals surface area (Å²) in [4.78, 5) is 25.3. The number of ether oxygens (including phenoxy) is 1. The molecule has 0 saturated heterocycles. The fourth-order valence-corrected chi connectivity index (χ4v) is 1.92. The number of aromatic nitrogens is 2. The molecule has 0 bridgehead atoms. The van der Waals surface area contributed by atoms with E-state index in [1.807, 2.05) is 0 Å². The smallest absolute Gasteiger partial charge is 0.422 e.